The van der Waals surface area contributed by atoms with E-state index in [-0.39, 0.29) is 5.41 Å². The molecule has 1 heterocycles. The fourth-order valence-corrected chi connectivity index (χ4v) is 1.74. The minimum absolute atomic E-state index is 0.123. The standard InChI is InChI=1S/C15H20N4/c1-15(2,3)14-17-12(16)10-13(18-14)19(4)11-8-6-5-7-9-11/h5-10H,1-4H3,(H2,16,17,18). The molecule has 2 N–H and O–H groups in total. The molecule has 0 spiro atoms. The predicted molar refractivity (Wildman–Crippen MR) is 79.6 cm³/mol. The molecule has 0 saturated heterocycles. The van der Waals surface area contributed by atoms with Crippen molar-refractivity contribution in [1.29, 1.82) is 0 Å². The number of hydrogen-bond donors (Lipinski definition) is 1. The van der Waals surface area contributed by atoms with E-state index in [0.29, 0.717) is 5.82 Å². The van der Waals surface area contributed by atoms with Crippen molar-refractivity contribution in [3.05, 3.63) is 42.2 Å². The van der Waals surface area contributed by atoms with Crippen molar-refractivity contribution < 1.29 is 0 Å². The fraction of sp³-hybridized carbons (Fsp3) is 0.333. The van der Waals surface area contributed by atoms with Gasteiger partial charge in [0.05, 0.1) is 0 Å². The minimum atomic E-state index is -0.123. The van der Waals surface area contributed by atoms with Crippen LogP contribution >= 0.6 is 0 Å². The number of nitrogen functional groups attached to an aromatic ring is 1. The highest BCUT2D eigenvalue weighted by molar-refractivity contribution is 5.61. The molecule has 100 valence electrons. The second kappa shape index (κ2) is 4.88. The van der Waals surface area contributed by atoms with Gasteiger partial charge in [-0.25, -0.2) is 9.97 Å². The van der Waals surface area contributed by atoms with Gasteiger partial charge in [0, 0.05) is 24.2 Å². The van der Waals surface area contributed by atoms with Crippen molar-refractivity contribution in [3.8, 4) is 0 Å². The van der Waals surface area contributed by atoms with E-state index in [2.05, 4.69) is 30.7 Å². The number of anilines is 3. The molecule has 4 heteroatoms. The fourth-order valence-electron chi connectivity index (χ4n) is 1.74. The van der Waals surface area contributed by atoms with Crippen LogP contribution < -0.4 is 10.6 Å². The molecule has 0 atom stereocenters. The van der Waals surface area contributed by atoms with E-state index < -0.39 is 0 Å². The number of hydrogen-bond acceptors (Lipinski definition) is 4. The Kier molecular flexibility index (Phi) is 3.42. The molecule has 0 saturated carbocycles. The average Bonchev–Trinajstić information content (AvgIpc) is 2.37. The van der Waals surface area contributed by atoms with E-state index in [4.69, 9.17) is 5.73 Å². The first-order valence-electron chi connectivity index (χ1n) is 6.32. The molecule has 0 fully saturated rings. The van der Waals surface area contributed by atoms with Crippen LogP contribution in [0.4, 0.5) is 17.3 Å². The van der Waals surface area contributed by atoms with E-state index in [0.717, 1.165) is 17.3 Å². The van der Waals surface area contributed by atoms with Crippen LogP contribution in [0.1, 0.15) is 26.6 Å². The summed E-state index contributed by atoms with van der Waals surface area (Å²) < 4.78 is 0. The van der Waals surface area contributed by atoms with E-state index in [1.807, 2.05) is 42.3 Å². The maximum atomic E-state index is 5.89. The van der Waals surface area contributed by atoms with Gasteiger partial charge in [-0.05, 0) is 12.1 Å². The van der Waals surface area contributed by atoms with Crippen LogP contribution in [-0.2, 0) is 5.41 Å². The van der Waals surface area contributed by atoms with Crippen molar-refractivity contribution >= 4 is 17.3 Å². The highest BCUT2D eigenvalue weighted by atomic mass is 15.2. The lowest BCUT2D eigenvalue weighted by Crippen LogP contribution is -2.20. The summed E-state index contributed by atoms with van der Waals surface area (Å²) in [7, 11) is 1.98. The first-order chi connectivity index (χ1) is 8.88. The quantitative estimate of drug-likeness (QED) is 0.897. The summed E-state index contributed by atoms with van der Waals surface area (Å²) in [6.45, 7) is 6.23. The van der Waals surface area contributed by atoms with Crippen molar-refractivity contribution in [2.45, 2.75) is 26.2 Å². The molecule has 1 aromatic heterocycles. The van der Waals surface area contributed by atoms with Gasteiger partial charge in [-0.1, -0.05) is 39.0 Å². The average molecular weight is 256 g/mol. The highest BCUT2D eigenvalue weighted by Gasteiger charge is 2.19. The smallest absolute Gasteiger partial charge is 0.138 e. The molecule has 2 rings (SSSR count). The molecule has 0 radical (unpaired) electrons. The molecule has 0 aliphatic carbocycles. The SMILES string of the molecule is CN(c1ccccc1)c1cc(N)nc(C(C)(C)C)n1. The maximum Gasteiger partial charge on any atom is 0.138 e. The van der Waals surface area contributed by atoms with Crippen LogP contribution in [0.2, 0.25) is 0 Å². The zero-order valence-electron chi connectivity index (χ0n) is 11.9. The normalized spacial score (nSPS) is 11.4. The topological polar surface area (TPSA) is 55.0 Å². The van der Waals surface area contributed by atoms with Gasteiger partial charge in [0.2, 0.25) is 0 Å². The third kappa shape index (κ3) is 3.02. The number of nitrogens with zero attached hydrogens (tertiary/aromatic N) is 3. The van der Waals surface area contributed by atoms with Crippen LogP contribution in [0.3, 0.4) is 0 Å². The molecule has 0 unspecified atom stereocenters. The lowest BCUT2D eigenvalue weighted by atomic mass is 9.96. The van der Waals surface area contributed by atoms with Gasteiger partial charge in [-0.2, -0.15) is 0 Å². The maximum absolute atomic E-state index is 5.89. The number of benzene rings is 1. The number of aromatic nitrogens is 2. The Bertz CT molecular complexity index is 558. The van der Waals surface area contributed by atoms with Gasteiger partial charge in [-0.15, -0.1) is 0 Å². The Morgan fingerprint density at radius 2 is 1.68 bits per heavy atom. The molecule has 0 aliphatic rings. The summed E-state index contributed by atoms with van der Waals surface area (Å²) in [5.41, 5.74) is 6.84. The van der Waals surface area contributed by atoms with Gasteiger partial charge < -0.3 is 10.6 Å². The van der Waals surface area contributed by atoms with Gasteiger partial charge in [0.1, 0.15) is 17.5 Å². The Morgan fingerprint density at radius 1 is 1.05 bits per heavy atom. The molecular formula is C15H20N4. The first-order valence-corrected chi connectivity index (χ1v) is 6.32. The summed E-state index contributed by atoms with van der Waals surface area (Å²) in [5.74, 6) is 2.06. The molecule has 0 aliphatic heterocycles. The third-order valence-corrected chi connectivity index (χ3v) is 2.89. The Labute approximate surface area is 114 Å². The molecule has 1 aromatic carbocycles. The summed E-state index contributed by atoms with van der Waals surface area (Å²) >= 11 is 0. The van der Waals surface area contributed by atoms with E-state index in [1.165, 1.54) is 0 Å². The van der Waals surface area contributed by atoms with Crippen LogP contribution in [0, 0.1) is 0 Å². The van der Waals surface area contributed by atoms with Gasteiger partial charge >= 0.3 is 0 Å². The minimum Gasteiger partial charge on any atom is -0.384 e. The monoisotopic (exact) mass is 256 g/mol. The molecule has 2 aromatic rings. The van der Waals surface area contributed by atoms with E-state index in [1.54, 1.807) is 6.07 Å². The zero-order chi connectivity index (χ0) is 14.0. The largest absolute Gasteiger partial charge is 0.384 e. The van der Waals surface area contributed by atoms with E-state index >= 15 is 0 Å². The second-order valence-corrected chi connectivity index (χ2v) is 5.62. The van der Waals surface area contributed by atoms with Crippen molar-refractivity contribution in [3.63, 3.8) is 0 Å². The Hall–Kier alpha value is -2.10. The number of rotatable bonds is 2. The molecule has 4 nitrogen and oxygen atoms in total. The zero-order valence-corrected chi connectivity index (χ0v) is 11.9. The van der Waals surface area contributed by atoms with Crippen LogP contribution in [-0.4, -0.2) is 17.0 Å². The number of para-hydroxylation sites is 1. The molecule has 0 bridgehead atoms. The molecule has 19 heavy (non-hydrogen) atoms. The van der Waals surface area contributed by atoms with Gasteiger partial charge in [-0.3, -0.25) is 0 Å². The predicted octanol–water partition coefficient (Wildman–Crippen LogP) is 3.12. The lowest BCUT2D eigenvalue weighted by Gasteiger charge is -2.22. The summed E-state index contributed by atoms with van der Waals surface area (Å²) in [4.78, 5) is 10.9. The molecular weight excluding hydrogens is 236 g/mol. The van der Waals surface area contributed by atoms with Crippen molar-refractivity contribution in [2.75, 3.05) is 17.7 Å². The van der Waals surface area contributed by atoms with Crippen molar-refractivity contribution in [1.82, 2.24) is 9.97 Å². The highest BCUT2D eigenvalue weighted by Crippen LogP contribution is 2.26. The number of nitrogens with two attached hydrogens (primary N) is 1. The van der Waals surface area contributed by atoms with Gasteiger partial charge in [0.15, 0.2) is 0 Å². The van der Waals surface area contributed by atoms with Gasteiger partial charge in [0.25, 0.3) is 0 Å². The first kappa shape index (κ1) is 13.3. The Balaban J connectivity index is 2.43. The third-order valence-electron chi connectivity index (χ3n) is 2.89. The second-order valence-electron chi connectivity index (χ2n) is 5.62. The summed E-state index contributed by atoms with van der Waals surface area (Å²) in [6.07, 6.45) is 0. The summed E-state index contributed by atoms with van der Waals surface area (Å²) in [6, 6.07) is 11.9. The summed E-state index contributed by atoms with van der Waals surface area (Å²) in [5, 5.41) is 0. The van der Waals surface area contributed by atoms with Crippen LogP contribution in [0.5, 0.6) is 0 Å². The van der Waals surface area contributed by atoms with E-state index in [9.17, 15) is 0 Å². The van der Waals surface area contributed by atoms with Crippen molar-refractivity contribution in [2.24, 2.45) is 0 Å². The van der Waals surface area contributed by atoms with Crippen LogP contribution in [0.15, 0.2) is 36.4 Å². The molecule has 0 amide bonds. The lowest BCUT2D eigenvalue weighted by molar-refractivity contribution is 0.546. The van der Waals surface area contributed by atoms with Crippen LogP contribution in [0.25, 0.3) is 0 Å². The Morgan fingerprint density at radius 3 is 2.26 bits per heavy atom.